The number of rotatable bonds is 5. The van der Waals surface area contributed by atoms with Crippen LogP contribution in [0.5, 0.6) is 0 Å². The highest BCUT2D eigenvalue weighted by Crippen LogP contribution is 2.30. The van der Waals surface area contributed by atoms with Crippen molar-refractivity contribution in [3.05, 3.63) is 16.1 Å². The fraction of sp³-hybridized carbons (Fsp3) is 0.750. The maximum Gasteiger partial charge on any atom is 0.306 e. The van der Waals surface area contributed by atoms with Gasteiger partial charge in [-0.05, 0) is 25.3 Å². The van der Waals surface area contributed by atoms with Gasteiger partial charge in [-0.15, -0.1) is 11.3 Å². The Balaban J connectivity index is 1.83. The fourth-order valence-corrected chi connectivity index (χ4v) is 3.87. The van der Waals surface area contributed by atoms with Crippen LogP contribution >= 0.6 is 11.3 Å². The molecule has 1 saturated carbocycles. The van der Waals surface area contributed by atoms with Gasteiger partial charge in [0.1, 0.15) is 5.01 Å². The lowest BCUT2D eigenvalue weighted by Gasteiger charge is -2.28. The van der Waals surface area contributed by atoms with Crippen LogP contribution in [0.2, 0.25) is 0 Å². The van der Waals surface area contributed by atoms with E-state index in [0.717, 1.165) is 49.5 Å². The zero-order valence-electron chi connectivity index (χ0n) is 13.2. The molecule has 1 aromatic rings. The van der Waals surface area contributed by atoms with Crippen LogP contribution in [-0.4, -0.2) is 22.6 Å². The second kappa shape index (κ2) is 6.88. The van der Waals surface area contributed by atoms with Crippen molar-refractivity contribution in [2.45, 2.75) is 58.4 Å². The molecular formula is C16H26N2O2S. The summed E-state index contributed by atoms with van der Waals surface area (Å²) in [6.45, 7) is 8.02. The van der Waals surface area contributed by atoms with E-state index in [-0.39, 0.29) is 17.3 Å². The molecule has 1 heterocycles. The lowest BCUT2D eigenvalue weighted by atomic mass is 9.79. The second-order valence-corrected chi connectivity index (χ2v) is 7.94. The molecule has 0 spiro atoms. The lowest BCUT2D eigenvalue weighted by molar-refractivity contribution is -0.144. The van der Waals surface area contributed by atoms with Crippen LogP contribution in [0, 0.1) is 11.8 Å². The van der Waals surface area contributed by atoms with Gasteiger partial charge in [0, 0.05) is 17.3 Å². The number of carboxylic acids is 1. The van der Waals surface area contributed by atoms with Gasteiger partial charge >= 0.3 is 5.97 Å². The molecule has 2 atom stereocenters. The summed E-state index contributed by atoms with van der Waals surface area (Å²) in [5.74, 6) is -0.545. The van der Waals surface area contributed by atoms with Crippen molar-refractivity contribution >= 4 is 17.3 Å². The van der Waals surface area contributed by atoms with Gasteiger partial charge in [-0.2, -0.15) is 0 Å². The van der Waals surface area contributed by atoms with E-state index in [4.69, 9.17) is 0 Å². The molecule has 118 valence electrons. The average Bonchev–Trinajstić information content (AvgIpc) is 2.88. The summed E-state index contributed by atoms with van der Waals surface area (Å²) < 4.78 is 0. The molecule has 0 saturated heterocycles. The number of carboxylic acid groups (broad SMARTS) is 1. The van der Waals surface area contributed by atoms with Crippen molar-refractivity contribution in [2.24, 2.45) is 11.8 Å². The largest absolute Gasteiger partial charge is 0.481 e. The fourth-order valence-electron chi connectivity index (χ4n) is 2.88. The number of aromatic nitrogens is 1. The van der Waals surface area contributed by atoms with Crippen LogP contribution in [0.1, 0.15) is 57.2 Å². The smallest absolute Gasteiger partial charge is 0.306 e. The van der Waals surface area contributed by atoms with Crippen LogP contribution in [0.3, 0.4) is 0 Å². The Bertz CT molecular complexity index is 479. The third kappa shape index (κ3) is 4.51. The van der Waals surface area contributed by atoms with Gasteiger partial charge in [-0.3, -0.25) is 4.79 Å². The SMILES string of the molecule is CC(C)(C)c1csc(CNCC2CCCCC2C(=O)O)n1. The molecule has 1 fully saturated rings. The van der Waals surface area contributed by atoms with Gasteiger partial charge in [0.2, 0.25) is 0 Å². The van der Waals surface area contributed by atoms with E-state index in [1.807, 2.05) is 0 Å². The third-order valence-corrected chi connectivity index (χ3v) is 5.08. The summed E-state index contributed by atoms with van der Waals surface area (Å²) in [5.41, 5.74) is 1.22. The molecule has 1 aromatic heterocycles. The van der Waals surface area contributed by atoms with Gasteiger partial charge in [0.15, 0.2) is 0 Å². The molecule has 5 heteroatoms. The van der Waals surface area contributed by atoms with Crippen LogP contribution in [0.25, 0.3) is 0 Å². The second-order valence-electron chi connectivity index (χ2n) is 7.00. The zero-order valence-corrected chi connectivity index (χ0v) is 14.0. The minimum Gasteiger partial charge on any atom is -0.481 e. The minimum absolute atomic E-state index is 0.0898. The van der Waals surface area contributed by atoms with E-state index >= 15 is 0 Å². The molecule has 0 aliphatic heterocycles. The molecule has 0 radical (unpaired) electrons. The van der Waals surface area contributed by atoms with E-state index in [2.05, 4.69) is 36.5 Å². The molecule has 2 N–H and O–H groups in total. The summed E-state index contributed by atoms with van der Waals surface area (Å²) in [7, 11) is 0. The lowest BCUT2D eigenvalue weighted by Crippen LogP contribution is -2.34. The zero-order chi connectivity index (χ0) is 15.5. The summed E-state index contributed by atoms with van der Waals surface area (Å²) in [4.78, 5) is 15.9. The Morgan fingerprint density at radius 2 is 2.14 bits per heavy atom. The van der Waals surface area contributed by atoms with Crippen LogP contribution in [0.4, 0.5) is 0 Å². The van der Waals surface area contributed by atoms with E-state index in [0.29, 0.717) is 0 Å². The highest BCUT2D eigenvalue weighted by atomic mass is 32.1. The number of hydrogen-bond acceptors (Lipinski definition) is 4. The standard InChI is InChI=1S/C16H26N2O2S/c1-16(2,3)13-10-21-14(18-13)9-17-8-11-6-4-5-7-12(11)15(19)20/h10-12,17H,4-9H2,1-3H3,(H,19,20). The Labute approximate surface area is 131 Å². The summed E-state index contributed by atoms with van der Waals surface area (Å²) in [5, 5.41) is 15.9. The summed E-state index contributed by atoms with van der Waals surface area (Å²) in [6, 6.07) is 0. The van der Waals surface area contributed by atoms with Gasteiger partial charge in [-0.1, -0.05) is 33.6 Å². The number of carbonyl (C=O) groups is 1. The number of thiazole rings is 1. The first-order valence-electron chi connectivity index (χ1n) is 7.76. The van der Waals surface area contributed by atoms with E-state index in [1.54, 1.807) is 11.3 Å². The normalized spacial score (nSPS) is 23.2. The predicted octanol–water partition coefficient (Wildman–Crippen LogP) is 3.42. The quantitative estimate of drug-likeness (QED) is 0.875. The topological polar surface area (TPSA) is 62.2 Å². The van der Waals surface area contributed by atoms with Gasteiger partial charge in [0.05, 0.1) is 11.6 Å². The maximum absolute atomic E-state index is 11.3. The van der Waals surface area contributed by atoms with Gasteiger partial charge in [-0.25, -0.2) is 4.98 Å². The molecule has 2 unspecified atom stereocenters. The molecule has 1 aliphatic rings. The Morgan fingerprint density at radius 3 is 2.76 bits per heavy atom. The minimum atomic E-state index is -0.634. The molecule has 0 aromatic carbocycles. The van der Waals surface area contributed by atoms with E-state index in [9.17, 15) is 9.90 Å². The molecular weight excluding hydrogens is 284 g/mol. The monoisotopic (exact) mass is 310 g/mol. The highest BCUT2D eigenvalue weighted by Gasteiger charge is 2.30. The average molecular weight is 310 g/mol. The number of hydrogen-bond donors (Lipinski definition) is 2. The van der Waals surface area contributed by atoms with Crippen molar-refractivity contribution in [3.8, 4) is 0 Å². The highest BCUT2D eigenvalue weighted by molar-refractivity contribution is 7.09. The predicted molar refractivity (Wildman–Crippen MR) is 85.6 cm³/mol. The van der Waals surface area contributed by atoms with E-state index < -0.39 is 5.97 Å². The molecule has 2 rings (SSSR count). The molecule has 4 nitrogen and oxygen atoms in total. The first-order valence-corrected chi connectivity index (χ1v) is 8.64. The number of nitrogens with one attached hydrogen (secondary N) is 1. The van der Waals surface area contributed by atoms with Crippen LogP contribution in [0.15, 0.2) is 5.38 Å². The molecule has 0 amide bonds. The molecule has 1 aliphatic carbocycles. The van der Waals surface area contributed by atoms with E-state index in [1.165, 1.54) is 0 Å². The molecule has 21 heavy (non-hydrogen) atoms. The van der Waals surface area contributed by atoms with Crippen molar-refractivity contribution in [1.29, 1.82) is 0 Å². The maximum atomic E-state index is 11.3. The molecule has 0 bridgehead atoms. The number of aliphatic carboxylic acids is 1. The van der Waals surface area contributed by atoms with Crippen molar-refractivity contribution in [2.75, 3.05) is 6.54 Å². The van der Waals surface area contributed by atoms with Crippen molar-refractivity contribution < 1.29 is 9.90 Å². The van der Waals surface area contributed by atoms with Gasteiger partial charge < -0.3 is 10.4 Å². The number of nitrogens with zero attached hydrogens (tertiary/aromatic N) is 1. The van der Waals surface area contributed by atoms with Gasteiger partial charge in [0.25, 0.3) is 0 Å². The van der Waals surface area contributed by atoms with Crippen LogP contribution in [-0.2, 0) is 16.8 Å². The first-order chi connectivity index (χ1) is 9.88. The Morgan fingerprint density at radius 1 is 1.43 bits per heavy atom. The first kappa shape index (κ1) is 16.4. The Hall–Kier alpha value is -0.940. The van der Waals surface area contributed by atoms with Crippen molar-refractivity contribution in [1.82, 2.24) is 10.3 Å². The third-order valence-electron chi connectivity index (χ3n) is 4.23. The van der Waals surface area contributed by atoms with Crippen LogP contribution < -0.4 is 5.32 Å². The summed E-state index contributed by atoms with van der Waals surface area (Å²) >= 11 is 1.68. The van der Waals surface area contributed by atoms with Crippen molar-refractivity contribution in [3.63, 3.8) is 0 Å². The Kier molecular flexibility index (Phi) is 5.38. The summed E-state index contributed by atoms with van der Waals surface area (Å²) in [6.07, 6.45) is 4.05.